The number of hydrogen-bond acceptors (Lipinski definition) is 4. The molecule has 1 N–H and O–H groups in total. The van der Waals surface area contributed by atoms with Crippen molar-refractivity contribution >= 4 is 29.4 Å². The Morgan fingerprint density at radius 1 is 1.30 bits per heavy atom. The molecule has 2 rings (SSSR count). The topological polar surface area (TPSA) is 60.5 Å². The van der Waals surface area contributed by atoms with Crippen molar-refractivity contribution in [3.63, 3.8) is 0 Å². The van der Waals surface area contributed by atoms with E-state index in [4.69, 9.17) is 21.1 Å². The lowest BCUT2D eigenvalue weighted by Gasteiger charge is -2.09. The summed E-state index contributed by atoms with van der Waals surface area (Å²) in [7, 11) is 1.57. The van der Waals surface area contributed by atoms with Gasteiger partial charge in [0.25, 0.3) is 0 Å². The average molecular weight is 333 g/mol. The maximum atomic E-state index is 11.9. The molecule has 5 nitrogen and oxygen atoms in total. The van der Waals surface area contributed by atoms with E-state index in [1.54, 1.807) is 37.5 Å². The number of amides is 1. The fraction of sp³-hybridized carbons (Fsp3) is 0.176. The molecule has 2 aromatic rings. The summed E-state index contributed by atoms with van der Waals surface area (Å²) in [6.07, 6.45) is 4.58. The van der Waals surface area contributed by atoms with E-state index >= 15 is 0 Å². The van der Waals surface area contributed by atoms with Crippen molar-refractivity contribution in [2.75, 3.05) is 19.0 Å². The van der Waals surface area contributed by atoms with Crippen molar-refractivity contribution in [1.29, 1.82) is 0 Å². The van der Waals surface area contributed by atoms with Crippen LogP contribution >= 0.6 is 11.6 Å². The fourth-order valence-corrected chi connectivity index (χ4v) is 1.96. The molecular weight excluding hydrogens is 316 g/mol. The van der Waals surface area contributed by atoms with Crippen LogP contribution in [-0.4, -0.2) is 24.6 Å². The smallest absolute Gasteiger partial charge is 0.249 e. The summed E-state index contributed by atoms with van der Waals surface area (Å²) in [4.78, 5) is 15.9. The van der Waals surface area contributed by atoms with Gasteiger partial charge in [-0.15, -0.1) is 0 Å². The van der Waals surface area contributed by atoms with Crippen LogP contribution in [0, 0.1) is 0 Å². The molecule has 0 aliphatic carbocycles. The number of carbonyl (C=O) groups is 1. The first-order valence-corrected chi connectivity index (χ1v) is 7.41. The molecule has 1 aromatic heterocycles. The van der Waals surface area contributed by atoms with Gasteiger partial charge in [-0.2, -0.15) is 0 Å². The summed E-state index contributed by atoms with van der Waals surface area (Å²) in [5.74, 6) is 1.44. The highest BCUT2D eigenvalue weighted by molar-refractivity contribution is 6.30. The summed E-state index contributed by atoms with van der Waals surface area (Å²) >= 11 is 5.74. The molecule has 0 aliphatic rings. The monoisotopic (exact) mass is 332 g/mol. The van der Waals surface area contributed by atoms with Gasteiger partial charge in [-0.25, -0.2) is 4.98 Å². The molecule has 0 atom stereocenters. The lowest BCUT2D eigenvalue weighted by atomic mass is 10.2. The molecule has 0 bridgehead atoms. The highest BCUT2D eigenvalue weighted by atomic mass is 35.5. The SMILES string of the molecule is CCOc1ccc(/C=C/C(=O)Nc2ccc(Cl)cn2)cc1OC. The third-order valence-electron chi connectivity index (χ3n) is 2.89. The predicted octanol–water partition coefficient (Wildman–Crippen LogP) is 3.79. The number of pyridine rings is 1. The Hall–Kier alpha value is -2.53. The zero-order chi connectivity index (χ0) is 16.7. The number of rotatable bonds is 6. The molecule has 1 amide bonds. The van der Waals surface area contributed by atoms with Crippen LogP contribution in [0.3, 0.4) is 0 Å². The van der Waals surface area contributed by atoms with Crippen LogP contribution in [0.15, 0.2) is 42.6 Å². The number of nitrogens with zero attached hydrogens (tertiary/aromatic N) is 1. The molecule has 0 saturated carbocycles. The second kappa shape index (κ2) is 8.19. The molecule has 0 aliphatic heterocycles. The van der Waals surface area contributed by atoms with Crippen LogP contribution in [0.2, 0.25) is 5.02 Å². The van der Waals surface area contributed by atoms with Gasteiger partial charge in [-0.1, -0.05) is 17.7 Å². The highest BCUT2D eigenvalue weighted by Crippen LogP contribution is 2.28. The standard InChI is InChI=1S/C17H17ClN2O3/c1-3-23-14-7-4-12(10-15(14)22-2)5-9-17(21)20-16-8-6-13(18)11-19-16/h4-11H,3H2,1-2H3,(H,19,20,21)/b9-5+. The van der Waals surface area contributed by atoms with Gasteiger partial charge in [-0.3, -0.25) is 4.79 Å². The van der Waals surface area contributed by atoms with Gasteiger partial charge in [0.2, 0.25) is 5.91 Å². The van der Waals surface area contributed by atoms with Crippen LogP contribution in [-0.2, 0) is 4.79 Å². The van der Waals surface area contributed by atoms with Gasteiger partial charge >= 0.3 is 0 Å². The van der Waals surface area contributed by atoms with E-state index in [2.05, 4.69) is 10.3 Å². The molecule has 23 heavy (non-hydrogen) atoms. The number of methoxy groups -OCH3 is 1. The number of benzene rings is 1. The molecule has 1 heterocycles. The number of hydrogen-bond donors (Lipinski definition) is 1. The Bertz CT molecular complexity index is 699. The number of anilines is 1. The van der Waals surface area contributed by atoms with Crippen molar-refractivity contribution in [3.8, 4) is 11.5 Å². The number of nitrogens with one attached hydrogen (secondary N) is 1. The predicted molar refractivity (Wildman–Crippen MR) is 91.1 cm³/mol. The van der Waals surface area contributed by atoms with Crippen LogP contribution in [0.4, 0.5) is 5.82 Å². The molecule has 0 spiro atoms. The molecule has 120 valence electrons. The van der Waals surface area contributed by atoms with E-state index in [-0.39, 0.29) is 5.91 Å². The number of carbonyl (C=O) groups excluding carboxylic acids is 1. The summed E-state index contributed by atoms with van der Waals surface area (Å²) < 4.78 is 10.7. The lowest BCUT2D eigenvalue weighted by molar-refractivity contribution is -0.111. The van der Waals surface area contributed by atoms with Crippen molar-refractivity contribution < 1.29 is 14.3 Å². The van der Waals surface area contributed by atoms with Gasteiger partial charge in [0, 0.05) is 12.3 Å². The normalized spacial score (nSPS) is 10.6. The maximum Gasteiger partial charge on any atom is 0.249 e. The minimum absolute atomic E-state index is 0.285. The van der Waals surface area contributed by atoms with Crippen LogP contribution in [0.25, 0.3) is 6.08 Å². The van der Waals surface area contributed by atoms with Gasteiger partial charge < -0.3 is 14.8 Å². The van der Waals surface area contributed by atoms with Crippen molar-refractivity contribution in [3.05, 3.63) is 53.2 Å². The first kappa shape index (κ1) is 16.8. The quantitative estimate of drug-likeness (QED) is 0.817. The number of aromatic nitrogens is 1. The summed E-state index contributed by atoms with van der Waals surface area (Å²) in [6.45, 7) is 2.46. The Kier molecular flexibility index (Phi) is 6.00. The van der Waals surface area contributed by atoms with Gasteiger partial charge in [0.05, 0.1) is 18.7 Å². The molecule has 0 radical (unpaired) electrons. The van der Waals surface area contributed by atoms with Crippen LogP contribution in [0.1, 0.15) is 12.5 Å². The fourth-order valence-electron chi connectivity index (χ4n) is 1.85. The zero-order valence-electron chi connectivity index (χ0n) is 12.9. The Balaban J connectivity index is 2.04. The largest absolute Gasteiger partial charge is 0.493 e. The average Bonchev–Trinajstić information content (AvgIpc) is 2.56. The van der Waals surface area contributed by atoms with Crippen molar-refractivity contribution in [2.24, 2.45) is 0 Å². The highest BCUT2D eigenvalue weighted by Gasteiger charge is 2.04. The molecule has 6 heteroatoms. The van der Waals surface area contributed by atoms with Crippen molar-refractivity contribution in [2.45, 2.75) is 6.92 Å². The van der Waals surface area contributed by atoms with Gasteiger partial charge in [0.1, 0.15) is 5.82 Å². The van der Waals surface area contributed by atoms with Crippen LogP contribution < -0.4 is 14.8 Å². The maximum absolute atomic E-state index is 11.9. The molecular formula is C17H17ClN2O3. The van der Waals surface area contributed by atoms with E-state index in [1.807, 2.05) is 13.0 Å². The molecule has 1 aromatic carbocycles. The van der Waals surface area contributed by atoms with E-state index in [9.17, 15) is 4.79 Å². The van der Waals surface area contributed by atoms with Crippen LogP contribution in [0.5, 0.6) is 11.5 Å². The lowest BCUT2D eigenvalue weighted by Crippen LogP contribution is -2.08. The minimum Gasteiger partial charge on any atom is -0.493 e. The van der Waals surface area contributed by atoms with E-state index in [0.717, 1.165) is 5.56 Å². The summed E-state index contributed by atoms with van der Waals surface area (Å²) in [6, 6.07) is 8.74. The zero-order valence-corrected chi connectivity index (χ0v) is 13.6. The first-order chi connectivity index (χ1) is 11.1. The third kappa shape index (κ3) is 5.00. The second-order valence-electron chi connectivity index (χ2n) is 4.53. The number of halogens is 1. The van der Waals surface area contributed by atoms with Gasteiger partial charge in [-0.05, 0) is 42.8 Å². The van der Waals surface area contributed by atoms with Crippen molar-refractivity contribution in [1.82, 2.24) is 4.98 Å². The van der Waals surface area contributed by atoms with E-state index in [1.165, 1.54) is 12.3 Å². The number of ether oxygens (including phenoxy) is 2. The second-order valence-corrected chi connectivity index (χ2v) is 4.96. The molecule has 0 unspecified atom stereocenters. The van der Waals surface area contributed by atoms with E-state index < -0.39 is 0 Å². The Morgan fingerprint density at radius 3 is 2.78 bits per heavy atom. The first-order valence-electron chi connectivity index (χ1n) is 7.04. The molecule has 0 fully saturated rings. The van der Waals surface area contributed by atoms with E-state index in [0.29, 0.717) is 28.9 Å². The Labute approximate surface area is 139 Å². The summed E-state index contributed by atoms with van der Waals surface area (Å²) in [5.41, 5.74) is 0.824. The Morgan fingerprint density at radius 2 is 2.13 bits per heavy atom. The molecule has 0 saturated heterocycles. The minimum atomic E-state index is -0.285. The van der Waals surface area contributed by atoms with Gasteiger partial charge in [0.15, 0.2) is 11.5 Å². The summed E-state index contributed by atoms with van der Waals surface area (Å²) in [5, 5.41) is 3.16. The third-order valence-corrected chi connectivity index (χ3v) is 3.12.